The molecule has 0 unspecified atom stereocenters. The Bertz CT molecular complexity index is 1690. The molecule has 4 aromatic carbocycles. The second-order valence-electron chi connectivity index (χ2n) is 11.6. The third-order valence-corrected chi connectivity index (χ3v) is 9.92. The minimum absolute atomic E-state index is 0.0801. The van der Waals surface area contributed by atoms with Crippen LogP contribution in [0.25, 0.3) is 0 Å². The Balaban J connectivity index is 1.81. The van der Waals surface area contributed by atoms with Gasteiger partial charge >= 0.3 is 0 Å². The molecule has 0 spiro atoms. The van der Waals surface area contributed by atoms with Gasteiger partial charge in [0.1, 0.15) is 12.6 Å². The summed E-state index contributed by atoms with van der Waals surface area (Å²) >= 11 is 0. The van der Waals surface area contributed by atoms with Gasteiger partial charge < -0.3 is 10.2 Å². The van der Waals surface area contributed by atoms with Crippen molar-refractivity contribution >= 4 is 27.5 Å². The van der Waals surface area contributed by atoms with Gasteiger partial charge in [0.05, 0.1) is 10.6 Å². The van der Waals surface area contributed by atoms with Crippen molar-refractivity contribution in [1.29, 1.82) is 0 Å². The number of nitrogens with one attached hydrogen (secondary N) is 1. The van der Waals surface area contributed by atoms with Crippen LogP contribution in [0.1, 0.15) is 48.1 Å². The highest BCUT2D eigenvalue weighted by molar-refractivity contribution is 7.92. The van der Waals surface area contributed by atoms with Gasteiger partial charge in [-0.3, -0.25) is 13.9 Å². The lowest BCUT2D eigenvalue weighted by molar-refractivity contribution is -0.140. The van der Waals surface area contributed by atoms with E-state index in [2.05, 4.69) is 5.32 Å². The van der Waals surface area contributed by atoms with Crippen LogP contribution < -0.4 is 9.62 Å². The molecule has 1 N–H and O–H groups in total. The molecule has 7 nitrogen and oxygen atoms in total. The number of anilines is 1. The van der Waals surface area contributed by atoms with Crippen LogP contribution in [-0.2, 0) is 32.6 Å². The van der Waals surface area contributed by atoms with Crippen molar-refractivity contribution in [3.63, 3.8) is 0 Å². The van der Waals surface area contributed by atoms with Crippen LogP contribution in [-0.4, -0.2) is 43.8 Å². The summed E-state index contributed by atoms with van der Waals surface area (Å²) in [4.78, 5) is 30.1. The van der Waals surface area contributed by atoms with Gasteiger partial charge in [0.25, 0.3) is 10.0 Å². The summed E-state index contributed by atoms with van der Waals surface area (Å²) in [7, 11) is -4.13. The first-order valence-electron chi connectivity index (χ1n) is 15.3. The van der Waals surface area contributed by atoms with Gasteiger partial charge in [-0.15, -0.1) is 0 Å². The van der Waals surface area contributed by atoms with Crippen LogP contribution in [0.2, 0.25) is 0 Å². The van der Waals surface area contributed by atoms with Gasteiger partial charge in [0, 0.05) is 19.0 Å². The van der Waals surface area contributed by atoms with Crippen LogP contribution in [0.15, 0.2) is 108 Å². The molecule has 0 aromatic heterocycles. The predicted molar refractivity (Wildman–Crippen MR) is 180 cm³/mol. The number of carbonyl (C=O) groups is 2. The lowest BCUT2D eigenvalue weighted by Crippen LogP contribution is -2.54. The topological polar surface area (TPSA) is 86.8 Å². The number of hydrogen-bond acceptors (Lipinski definition) is 4. The summed E-state index contributed by atoms with van der Waals surface area (Å²) in [6.07, 6.45) is 1.00. The Labute approximate surface area is 268 Å². The maximum Gasteiger partial charge on any atom is 0.264 e. The Hall–Kier alpha value is -4.43. The number of carbonyl (C=O) groups excluding carboxylic acids is 2. The Morgan fingerprint density at radius 3 is 2.00 bits per heavy atom. The summed E-state index contributed by atoms with van der Waals surface area (Å²) in [6.45, 7) is 9.42. The minimum Gasteiger partial charge on any atom is -0.352 e. The first-order chi connectivity index (χ1) is 21.5. The van der Waals surface area contributed by atoms with Crippen LogP contribution >= 0.6 is 0 Å². The average Bonchev–Trinajstić information content (AvgIpc) is 3.04. The van der Waals surface area contributed by atoms with E-state index < -0.39 is 28.5 Å². The number of benzene rings is 4. The highest BCUT2D eigenvalue weighted by Crippen LogP contribution is 2.27. The molecule has 0 aliphatic heterocycles. The standard InChI is InChI=1S/C37H43N3O4S/c1-6-30(5)38-37(42)35(24-31-13-9-7-10-14-31)39(25-32-20-17-27(2)18-21-32)36(41)26-40(33-22-19-28(3)29(4)23-33)45(43,44)34-15-11-8-12-16-34/h7-23,30,35H,6,24-26H2,1-5H3,(H,38,42)/t30-,35+/m1/s1. The SMILES string of the molecule is CC[C@@H](C)NC(=O)[C@H](Cc1ccccc1)N(Cc1ccc(C)cc1)C(=O)CN(c1ccc(C)c(C)c1)S(=O)(=O)c1ccccc1. The van der Waals surface area contributed by atoms with Gasteiger partial charge in [-0.05, 0) is 80.6 Å². The van der Waals surface area contributed by atoms with E-state index in [9.17, 15) is 18.0 Å². The normalized spacial score (nSPS) is 12.6. The van der Waals surface area contributed by atoms with Crippen molar-refractivity contribution in [3.05, 3.63) is 131 Å². The molecule has 0 aliphatic rings. The van der Waals surface area contributed by atoms with E-state index in [1.165, 1.54) is 17.0 Å². The molecule has 4 aromatic rings. The molecule has 0 radical (unpaired) electrons. The fraction of sp³-hybridized carbons (Fsp3) is 0.297. The molecule has 0 aliphatic carbocycles. The number of aryl methyl sites for hydroxylation is 3. The van der Waals surface area contributed by atoms with Gasteiger partial charge in [0.2, 0.25) is 11.8 Å². The van der Waals surface area contributed by atoms with E-state index in [1.807, 2.05) is 95.3 Å². The summed E-state index contributed by atoms with van der Waals surface area (Å²) in [6, 6.07) is 29.9. The third kappa shape index (κ3) is 8.60. The van der Waals surface area contributed by atoms with E-state index in [0.717, 1.165) is 38.5 Å². The molecule has 0 saturated carbocycles. The molecular weight excluding hydrogens is 582 g/mol. The largest absolute Gasteiger partial charge is 0.352 e. The van der Waals surface area contributed by atoms with Crippen molar-refractivity contribution < 1.29 is 18.0 Å². The van der Waals surface area contributed by atoms with E-state index in [-0.39, 0.29) is 29.8 Å². The van der Waals surface area contributed by atoms with Gasteiger partial charge in [-0.25, -0.2) is 8.42 Å². The predicted octanol–water partition coefficient (Wildman–Crippen LogP) is 6.36. The fourth-order valence-corrected chi connectivity index (χ4v) is 6.44. The van der Waals surface area contributed by atoms with E-state index in [0.29, 0.717) is 5.69 Å². The Morgan fingerprint density at radius 1 is 0.778 bits per heavy atom. The van der Waals surface area contributed by atoms with Crippen LogP contribution in [0.3, 0.4) is 0 Å². The lowest BCUT2D eigenvalue weighted by atomic mass is 10.0. The minimum atomic E-state index is -4.13. The molecule has 4 rings (SSSR count). The van der Waals surface area contributed by atoms with Crippen molar-refractivity contribution in [2.24, 2.45) is 0 Å². The Morgan fingerprint density at radius 2 is 1.40 bits per heavy atom. The molecule has 2 amide bonds. The van der Waals surface area contributed by atoms with Crippen molar-refractivity contribution in [2.75, 3.05) is 10.8 Å². The highest BCUT2D eigenvalue weighted by atomic mass is 32.2. The molecular formula is C37H43N3O4S. The fourth-order valence-electron chi connectivity index (χ4n) is 5.01. The van der Waals surface area contributed by atoms with Crippen molar-refractivity contribution in [3.8, 4) is 0 Å². The third-order valence-electron chi connectivity index (χ3n) is 8.13. The lowest BCUT2D eigenvalue weighted by Gasteiger charge is -2.34. The number of sulfonamides is 1. The summed E-state index contributed by atoms with van der Waals surface area (Å²) in [5, 5.41) is 3.07. The average molecular weight is 626 g/mol. The smallest absolute Gasteiger partial charge is 0.264 e. The van der Waals surface area contributed by atoms with Gasteiger partial charge in [0.15, 0.2) is 0 Å². The number of amides is 2. The molecule has 2 atom stereocenters. The number of nitrogens with zero attached hydrogens (tertiary/aromatic N) is 2. The van der Waals surface area contributed by atoms with E-state index >= 15 is 0 Å². The number of hydrogen-bond donors (Lipinski definition) is 1. The van der Waals surface area contributed by atoms with Crippen LogP contribution in [0, 0.1) is 20.8 Å². The van der Waals surface area contributed by atoms with Crippen LogP contribution in [0.4, 0.5) is 5.69 Å². The molecule has 236 valence electrons. The molecule has 0 saturated heterocycles. The van der Waals surface area contributed by atoms with Crippen molar-refractivity contribution in [2.45, 2.75) is 71.0 Å². The zero-order valence-corrected chi connectivity index (χ0v) is 27.6. The molecule has 0 fully saturated rings. The monoisotopic (exact) mass is 625 g/mol. The van der Waals surface area contributed by atoms with E-state index in [4.69, 9.17) is 0 Å². The second-order valence-corrected chi connectivity index (χ2v) is 13.5. The molecule has 0 bridgehead atoms. The van der Waals surface area contributed by atoms with Crippen molar-refractivity contribution in [1.82, 2.24) is 10.2 Å². The first kappa shape index (κ1) is 33.5. The second kappa shape index (κ2) is 15.0. The quantitative estimate of drug-likeness (QED) is 0.187. The van der Waals surface area contributed by atoms with Gasteiger partial charge in [-0.2, -0.15) is 0 Å². The maximum atomic E-state index is 14.6. The molecule has 0 heterocycles. The summed E-state index contributed by atoms with van der Waals surface area (Å²) in [5.41, 5.74) is 5.10. The molecule has 45 heavy (non-hydrogen) atoms. The van der Waals surface area contributed by atoms with E-state index in [1.54, 1.807) is 30.3 Å². The summed E-state index contributed by atoms with van der Waals surface area (Å²) in [5.74, 6) is -0.758. The number of rotatable bonds is 13. The van der Waals surface area contributed by atoms with Crippen LogP contribution in [0.5, 0.6) is 0 Å². The Kier molecular flexibility index (Phi) is 11.2. The zero-order chi connectivity index (χ0) is 32.6. The van der Waals surface area contributed by atoms with Gasteiger partial charge in [-0.1, -0.05) is 91.3 Å². The highest BCUT2D eigenvalue weighted by Gasteiger charge is 2.35. The summed E-state index contributed by atoms with van der Waals surface area (Å²) < 4.78 is 29.4. The molecule has 8 heteroatoms. The first-order valence-corrected chi connectivity index (χ1v) is 16.8. The maximum absolute atomic E-state index is 14.6. The zero-order valence-electron chi connectivity index (χ0n) is 26.7.